The topological polar surface area (TPSA) is 55.6 Å². The molecule has 4 nitrogen and oxygen atoms in total. The second-order valence-electron chi connectivity index (χ2n) is 4.87. The fourth-order valence-electron chi connectivity index (χ4n) is 2.48. The smallest absolute Gasteiger partial charge is 0.242 e. The van der Waals surface area contributed by atoms with Crippen molar-refractivity contribution >= 4 is 5.91 Å². The average Bonchev–Trinajstić information content (AvgIpc) is 2.62. The quantitative estimate of drug-likeness (QED) is 0.735. The lowest BCUT2D eigenvalue weighted by Crippen LogP contribution is -2.59. The molecule has 2 N–H and O–H groups in total. The van der Waals surface area contributed by atoms with E-state index in [1.807, 2.05) is 4.90 Å². The number of nitrogens with zero attached hydrogens (tertiary/aromatic N) is 1. The summed E-state index contributed by atoms with van der Waals surface area (Å²) in [6, 6.07) is 0. The van der Waals surface area contributed by atoms with Crippen LogP contribution in [0.15, 0.2) is 0 Å². The van der Waals surface area contributed by atoms with Gasteiger partial charge in [-0.1, -0.05) is 0 Å². The molecule has 0 aromatic carbocycles. The van der Waals surface area contributed by atoms with Crippen molar-refractivity contribution in [3.63, 3.8) is 0 Å². The summed E-state index contributed by atoms with van der Waals surface area (Å²) in [4.78, 5) is 14.0. The Morgan fingerprint density at radius 3 is 2.87 bits per heavy atom. The van der Waals surface area contributed by atoms with E-state index >= 15 is 0 Å². The number of nitrogens with two attached hydrogens (primary N) is 1. The molecule has 2 rings (SSSR count). The molecule has 1 saturated heterocycles. The number of rotatable bonds is 3. The minimum absolute atomic E-state index is 0.160. The highest BCUT2D eigenvalue weighted by molar-refractivity contribution is 5.87. The second kappa shape index (κ2) is 4.10. The number of hydrogen-bond acceptors (Lipinski definition) is 3. The summed E-state index contributed by atoms with van der Waals surface area (Å²) in [6.45, 7) is 2.43. The van der Waals surface area contributed by atoms with Crippen molar-refractivity contribution in [1.82, 2.24) is 4.90 Å². The van der Waals surface area contributed by atoms with Crippen LogP contribution in [-0.2, 0) is 9.53 Å². The number of ether oxygens (including phenoxy) is 1. The molecule has 1 amide bonds. The van der Waals surface area contributed by atoms with E-state index < -0.39 is 5.54 Å². The number of amides is 1. The van der Waals surface area contributed by atoms with Crippen LogP contribution in [0, 0.1) is 5.92 Å². The second-order valence-corrected chi connectivity index (χ2v) is 4.87. The molecule has 2 aliphatic rings. The summed E-state index contributed by atoms with van der Waals surface area (Å²) in [5.74, 6) is 0.662. The third kappa shape index (κ3) is 2.01. The highest BCUT2D eigenvalue weighted by atomic mass is 16.5. The highest BCUT2D eigenvalue weighted by Gasteiger charge is 2.44. The lowest BCUT2D eigenvalue weighted by atomic mass is 9.76. The van der Waals surface area contributed by atoms with Crippen molar-refractivity contribution in [2.45, 2.75) is 31.2 Å². The molecular formula is C11H20N2O2. The molecule has 86 valence electrons. The molecule has 1 aliphatic heterocycles. The van der Waals surface area contributed by atoms with Crippen LogP contribution in [0.3, 0.4) is 0 Å². The molecular weight excluding hydrogens is 192 g/mol. The van der Waals surface area contributed by atoms with Crippen molar-refractivity contribution in [2.24, 2.45) is 11.7 Å². The van der Waals surface area contributed by atoms with E-state index in [0.717, 1.165) is 45.4 Å². The van der Waals surface area contributed by atoms with Crippen LogP contribution in [0.2, 0.25) is 0 Å². The fraction of sp³-hybridized carbons (Fsp3) is 0.909. The molecule has 1 aliphatic carbocycles. The minimum atomic E-state index is -0.526. The zero-order chi connectivity index (χ0) is 10.9. The van der Waals surface area contributed by atoms with Crippen LogP contribution in [0.5, 0.6) is 0 Å². The molecule has 0 bridgehead atoms. The minimum Gasteiger partial charge on any atom is -0.384 e. The molecule has 15 heavy (non-hydrogen) atoms. The Labute approximate surface area is 90.8 Å². The molecule has 1 unspecified atom stereocenters. The Hall–Kier alpha value is -0.610. The van der Waals surface area contributed by atoms with Crippen LogP contribution < -0.4 is 5.73 Å². The van der Waals surface area contributed by atoms with Crippen molar-refractivity contribution in [2.75, 3.05) is 26.8 Å². The van der Waals surface area contributed by atoms with Gasteiger partial charge >= 0.3 is 0 Å². The number of hydrogen-bond donors (Lipinski definition) is 1. The lowest BCUT2D eigenvalue weighted by Gasteiger charge is -2.39. The first-order valence-corrected chi connectivity index (χ1v) is 5.73. The van der Waals surface area contributed by atoms with Gasteiger partial charge in [0.05, 0.1) is 12.1 Å². The van der Waals surface area contributed by atoms with Gasteiger partial charge < -0.3 is 15.4 Å². The Morgan fingerprint density at radius 2 is 2.33 bits per heavy atom. The van der Waals surface area contributed by atoms with Gasteiger partial charge in [-0.2, -0.15) is 0 Å². The van der Waals surface area contributed by atoms with Crippen molar-refractivity contribution < 1.29 is 9.53 Å². The lowest BCUT2D eigenvalue weighted by molar-refractivity contribution is -0.139. The summed E-state index contributed by atoms with van der Waals surface area (Å²) in [7, 11) is 1.71. The van der Waals surface area contributed by atoms with Gasteiger partial charge in [-0.3, -0.25) is 4.79 Å². The fourth-order valence-corrected chi connectivity index (χ4v) is 2.48. The monoisotopic (exact) mass is 212 g/mol. The molecule has 1 saturated carbocycles. The van der Waals surface area contributed by atoms with E-state index in [1.165, 1.54) is 0 Å². The Kier molecular flexibility index (Phi) is 2.98. The van der Waals surface area contributed by atoms with Gasteiger partial charge in [-0.25, -0.2) is 0 Å². The molecule has 4 heteroatoms. The first-order valence-electron chi connectivity index (χ1n) is 5.73. The van der Waals surface area contributed by atoms with E-state index in [2.05, 4.69) is 0 Å². The molecule has 0 spiro atoms. The van der Waals surface area contributed by atoms with Gasteiger partial charge in [0, 0.05) is 26.1 Å². The maximum absolute atomic E-state index is 12.1. The van der Waals surface area contributed by atoms with Crippen molar-refractivity contribution in [1.29, 1.82) is 0 Å². The molecule has 2 fully saturated rings. The van der Waals surface area contributed by atoms with E-state index in [4.69, 9.17) is 10.5 Å². The van der Waals surface area contributed by atoms with Crippen LogP contribution in [0.25, 0.3) is 0 Å². The van der Waals surface area contributed by atoms with Crippen molar-refractivity contribution in [3.05, 3.63) is 0 Å². The molecule has 1 heterocycles. The third-order valence-corrected chi connectivity index (χ3v) is 3.65. The largest absolute Gasteiger partial charge is 0.384 e. The maximum atomic E-state index is 12.1. The van der Waals surface area contributed by atoms with E-state index in [1.54, 1.807) is 7.11 Å². The number of likely N-dealkylation sites (tertiary alicyclic amines) is 1. The average molecular weight is 212 g/mol. The van der Waals surface area contributed by atoms with Crippen LogP contribution >= 0.6 is 0 Å². The van der Waals surface area contributed by atoms with Gasteiger partial charge in [0.25, 0.3) is 0 Å². The zero-order valence-electron chi connectivity index (χ0n) is 9.37. The molecule has 0 aromatic rings. The SMILES string of the molecule is COCC1CCN(C(=O)C2(N)CCC2)C1. The Bertz CT molecular complexity index is 251. The van der Waals surface area contributed by atoms with Crippen LogP contribution in [0.4, 0.5) is 0 Å². The summed E-state index contributed by atoms with van der Waals surface area (Å²) >= 11 is 0. The standard InChI is InChI=1S/C11H20N2O2/c1-15-8-9-3-6-13(7-9)10(14)11(12)4-2-5-11/h9H,2-8,12H2,1H3. The third-order valence-electron chi connectivity index (χ3n) is 3.65. The Balaban J connectivity index is 1.87. The summed E-state index contributed by atoms with van der Waals surface area (Å²) in [6.07, 6.45) is 3.86. The number of carbonyl (C=O) groups excluding carboxylic acids is 1. The maximum Gasteiger partial charge on any atom is 0.242 e. The van der Waals surface area contributed by atoms with Gasteiger partial charge in [0.15, 0.2) is 0 Å². The van der Waals surface area contributed by atoms with Crippen LogP contribution in [-0.4, -0.2) is 43.2 Å². The number of methoxy groups -OCH3 is 1. The molecule has 0 radical (unpaired) electrons. The summed E-state index contributed by atoms with van der Waals surface area (Å²) in [5, 5.41) is 0. The highest BCUT2D eigenvalue weighted by Crippen LogP contribution is 2.32. The molecule has 0 aromatic heterocycles. The van der Waals surface area contributed by atoms with Gasteiger partial charge in [0.2, 0.25) is 5.91 Å². The van der Waals surface area contributed by atoms with E-state index in [9.17, 15) is 4.79 Å². The first kappa shape index (κ1) is 10.9. The predicted octanol–water partition coefficient (Wildman–Crippen LogP) is 0.363. The number of carbonyl (C=O) groups is 1. The summed E-state index contributed by atoms with van der Waals surface area (Å²) < 4.78 is 5.11. The summed E-state index contributed by atoms with van der Waals surface area (Å²) in [5.41, 5.74) is 5.50. The molecule has 1 atom stereocenters. The van der Waals surface area contributed by atoms with Gasteiger partial charge in [-0.15, -0.1) is 0 Å². The van der Waals surface area contributed by atoms with Crippen molar-refractivity contribution in [3.8, 4) is 0 Å². The Morgan fingerprint density at radius 1 is 1.60 bits per heavy atom. The zero-order valence-corrected chi connectivity index (χ0v) is 9.37. The normalized spacial score (nSPS) is 28.9. The predicted molar refractivity (Wildman–Crippen MR) is 57.3 cm³/mol. The van der Waals surface area contributed by atoms with Gasteiger partial charge in [0.1, 0.15) is 0 Å². The van der Waals surface area contributed by atoms with Crippen LogP contribution in [0.1, 0.15) is 25.7 Å². The van der Waals surface area contributed by atoms with E-state index in [-0.39, 0.29) is 5.91 Å². The first-order chi connectivity index (χ1) is 7.15. The van der Waals surface area contributed by atoms with E-state index in [0.29, 0.717) is 5.92 Å². The van der Waals surface area contributed by atoms with Gasteiger partial charge in [-0.05, 0) is 25.7 Å².